The van der Waals surface area contributed by atoms with Crippen LogP contribution >= 0.6 is 0 Å². The van der Waals surface area contributed by atoms with E-state index < -0.39 is 0 Å². The van der Waals surface area contributed by atoms with Crippen molar-refractivity contribution in [3.8, 4) is 22.8 Å². The predicted octanol–water partition coefficient (Wildman–Crippen LogP) is 5.85. The third-order valence-electron chi connectivity index (χ3n) is 4.90. The molecule has 4 aromatic carbocycles. The Kier molecular flexibility index (Phi) is 3.65. The number of para-hydroxylation sites is 2. The summed E-state index contributed by atoms with van der Waals surface area (Å²) >= 11 is 0. The van der Waals surface area contributed by atoms with Gasteiger partial charge in [0.05, 0.1) is 23.8 Å². The number of fused-ring (bicyclic) bond motifs is 2. The van der Waals surface area contributed by atoms with Gasteiger partial charge in [0.2, 0.25) is 0 Å². The molecule has 3 nitrogen and oxygen atoms in total. The monoisotopic (exact) mass is 350 g/mol. The van der Waals surface area contributed by atoms with Crippen LogP contribution in [-0.2, 0) is 0 Å². The molecule has 0 aliphatic rings. The summed E-state index contributed by atoms with van der Waals surface area (Å²) in [4.78, 5) is 4.95. The molecule has 1 aromatic heterocycles. The van der Waals surface area contributed by atoms with Crippen LogP contribution in [0.2, 0.25) is 0 Å². The molecule has 0 aliphatic carbocycles. The number of ether oxygens (including phenoxy) is 1. The second kappa shape index (κ2) is 6.29. The SMILES string of the molecule is COc1ccc2ccccc2c1-n1c(-c2ccccc2)nc2ccccc21. The molecule has 0 atom stereocenters. The van der Waals surface area contributed by atoms with Gasteiger partial charge < -0.3 is 4.74 Å². The largest absolute Gasteiger partial charge is 0.495 e. The Labute approximate surface area is 157 Å². The molecule has 0 fully saturated rings. The van der Waals surface area contributed by atoms with Crippen molar-refractivity contribution in [1.82, 2.24) is 9.55 Å². The third-order valence-corrected chi connectivity index (χ3v) is 4.90. The first-order valence-electron chi connectivity index (χ1n) is 8.96. The van der Waals surface area contributed by atoms with Crippen molar-refractivity contribution in [3.63, 3.8) is 0 Å². The Balaban J connectivity index is 1.96. The first-order chi connectivity index (χ1) is 13.4. The van der Waals surface area contributed by atoms with Crippen molar-refractivity contribution in [2.24, 2.45) is 0 Å². The van der Waals surface area contributed by atoms with Crippen LogP contribution in [0.1, 0.15) is 0 Å². The Hall–Kier alpha value is -3.59. The molecule has 27 heavy (non-hydrogen) atoms. The zero-order valence-electron chi connectivity index (χ0n) is 15.0. The van der Waals surface area contributed by atoms with E-state index in [-0.39, 0.29) is 0 Å². The maximum absolute atomic E-state index is 5.77. The van der Waals surface area contributed by atoms with Crippen molar-refractivity contribution >= 4 is 21.8 Å². The number of hydrogen-bond donors (Lipinski definition) is 0. The quantitative estimate of drug-likeness (QED) is 0.408. The van der Waals surface area contributed by atoms with Gasteiger partial charge in [0.1, 0.15) is 11.6 Å². The molecule has 0 radical (unpaired) electrons. The maximum atomic E-state index is 5.77. The van der Waals surface area contributed by atoms with Crippen molar-refractivity contribution in [2.75, 3.05) is 7.11 Å². The highest BCUT2D eigenvalue weighted by atomic mass is 16.5. The van der Waals surface area contributed by atoms with Gasteiger partial charge in [-0.1, -0.05) is 72.8 Å². The molecule has 130 valence electrons. The van der Waals surface area contributed by atoms with E-state index >= 15 is 0 Å². The van der Waals surface area contributed by atoms with E-state index in [1.54, 1.807) is 7.11 Å². The number of rotatable bonds is 3. The second-order valence-electron chi connectivity index (χ2n) is 6.46. The molecule has 0 bridgehead atoms. The van der Waals surface area contributed by atoms with Crippen molar-refractivity contribution in [2.45, 2.75) is 0 Å². The van der Waals surface area contributed by atoms with Crippen LogP contribution in [-0.4, -0.2) is 16.7 Å². The van der Waals surface area contributed by atoms with Crippen LogP contribution in [0.15, 0.2) is 91.0 Å². The van der Waals surface area contributed by atoms with Gasteiger partial charge in [-0.25, -0.2) is 4.98 Å². The molecule has 0 N–H and O–H groups in total. The topological polar surface area (TPSA) is 27.1 Å². The molecule has 5 rings (SSSR count). The highest BCUT2D eigenvalue weighted by molar-refractivity contribution is 5.96. The van der Waals surface area contributed by atoms with Crippen LogP contribution in [0.5, 0.6) is 5.75 Å². The lowest BCUT2D eigenvalue weighted by atomic mass is 10.1. The van der Waals surface area contributed by atoms with Gasteiger partial charge in [-0.05, 0) is 23.6 Å². The molecule has 1 heterocycles. The number of imidazole rings is 1. The fraction of sp³-hybridized carbons (Fsp3) is 0.0417. The number of methoxy groups -OCH3 is 1. The molecule has 5 aromatic rings. The third kappa shape index (κ3) is 2.48. The summed E-state index contributed by atoms with van der Waals surface area (Å²) in [5.41, 5.74) is 4.11. The summed E-state index contributed by atoms with van der Waals surface area (Å²) in [5, 5.41) is 2.31. The first kappa shape index (κ1) is 15.6. The van der Waals surface area contributed by atoms with Gasteiger partial charge in [-0.15, -0.1) is 0 Å². The standard InChI is InChI=1S/C24H18N2O/c1-27-22-16-15-17-9-5-6-12-19(17)23(22)26-21-14-8-7-13-20(21)25-24(26)18-10-3-2-4-11-18/h2-16H,1H3. The zero-order valence-corrected chi connectivity index (χ0v) is 15.0. The van der Waals surface area contributed by atoms with Crippen molar-refractivity contribution in [1.29, 1.82) is 0 Å². The minimum Gasteiger partial charge on any atom is -0.495 e. The van der Waals surface area contributed by atoms with E-state index in [2.05, 4.69) is 59.2 Å². The maximum Gasteiger partial charge on any atom is 0.145 e. The summed E-state index contributed by atoms with van der Waals surface area (Å²) in [6, 6.07) is 31.0. The summed E-state index contributed by atoms with van der Waals surface area (Å²) in [6.45, 7) is 0. The number of benzene rings is 4. The van der Waals surface area contributed by atoms with Crippen molar-refractivity contribution < 1.29 is 4.74 Å². The van der Waals surface area contributed by atoms with Gasteiger partial charge in [-0.3, -0.25) is 4.57 Å². The molecule has 3 heteroatoms. The van der Waals surface area contributed by atoms with Crippen LogP contribution in [0, 0.1) is 0 Å². The fourth-order valence-electron chi connectivity index (χ4n) is 3.66. The fourth-order valence-corrected chi connectivity index (χ4v) is 3.66. The average molecular weight is 350 g/mol. The zero-order chi connectivity index (χ0) is 18.2. The molecular weight excluding hydrogens is 332 g/mol. The highest BCUT2D eigenvalue weighted by Gasteiger charge is 2.19. The Morgan fingerprint density at radius 1 is 0.741 bits per heavy atom. The average Bonchev–Trinajstić information content (AvgIpc) is 3.12. The van der Waals surface area contributed by atoms with E-state index in [1.165, 1.54) is 5.39 Å². The number of aromatic nitrogens is 2. The predicted molar refractivity (Wildman–Crippen MR) is 111 cm³/mol. The van der Waals surface area contributed by atoms with E-state index in [0.29, 0.717) is 0 Å². The lowest BCUT2D eigenvalue weighted by Gasteiger charge is -2.16. The lowest BCUT2D eigenvalue weighted by Crippen LogP contribution is -2.01. The van der Waals surface area contributed by atoms with Gasteiger partial charge in [0, 0.05) is 10.9 Å². The Morgan fingerprint density at radius 3 is 2.33 bits per heavy atom. The van der Waals surface area contributed by atoms with Gasteiger partial charge >= 0.3 is 0 Å². The van der Waals surface area contributed by atoms with Crippen molar-refractivity contribution in [3.05, 3.63) is 91.0 Å². The van der Waals surface area contributed by atoms with E-state index in [0.717, 1.165) is 39.2 Å². The summed E-state index contributed by atoms with van der Waals surface area (Å²) in [5.74, 6) is 1.74. The molecular formula is C24H18N2O. The molecule has 0 spiro atoms. The Morgan fingerprint density at radius 2 is 1.48 bits per heavy atom. The minimum atomic E-state index is 0.828. The first-order valence-corrected chi connectivity index (χ1v) is 8.96. The number of nitrogens with zero attached hydrogens (tertiary/aromatic N) is 2. The summed E-state index contributed by atoms with van der Waals surface area (Å²) < 4.78 is 7.98. The molecule has 0 aliphatic heterocycles. The normalized spacial score (nSPS) is 11.1. The van der Waals surface area contributed by atoms with Gasteiger partial charge in [0.25, 0.3) is 0 Å². The molecule has 0 saturated carbocycles. The molecule has 0 amide bonds. The van der Waals surface area contributed by atoms with E-state index in [9.17, 15) is 0 Å². The summed E-state index contributed by atoms with van der Waals surface area (Å²) in [7, 11) is 1.72. The van der Waals surface area contributed by atoms with Crippen LogP contribution < -0.4 is 4.74 Å². The van der Waals surface area contributed by atoms with Gasteiger partial charge in [-0.2, -0.15) is 0 Å². The summed E-state index contributed by atoms with van der Waals surface area (Å²) in [6.07, 6.45) is 0. The molecule has 0 saturated heterocycles. The van der Waals surface area contributed by atoms with Crippen LogP contribution in [0.4, 0.5) is 0 Å². The minimum absolute atomic E-state index is 0.828. The number of hydrogen-bond acceptors (Lipinski definition) is 2. The second-order valence-corrected chi connectivity index (χ2v) is 6.46. The Bertz CT molecular complexity index is 1260. The highest BCUT2D eigenvalue weighted by Crippen LogP contribution is 2.37. The lowest BCUT2D eigenvalue weighted by molar-refractivity contribution is 0.414. The molecule has 0 unspecified atom stereocenters. The van der Waals surface area contributed by atoms with Crippen LogP contribution in [0.3, 0.4) is 0 Å². The van der Waals surface area contributed by atoms with Crippen LogP contribution in [0.25, 0.3) is 38.9 Å². The van der Waals surface area contributed by atoms with E-state index in [4.69, 9.17) is 9.72 Å². The smallest absolute Gasteiger partial charge is 0.145 e. The van der Waals surface area contributed by atoms with E-state index in [1.807, 2.05) is 36.4 Å². The van der Waals surface area contributed by atoms with Gasteiger partial charge in [0.15, 0.2) is 0 Å².